The Labute approximate surface area is 104 Å². The Morgan fingerprint density at radius 1 is 1.39 bits per heavy atom. The predicted octanol–water partition coefficient (Wildman–Crippen LogP) is 1.90. The molecule has 94 valence electrons. The lowest BCUT2D eigenvalue weighted by atomic mass is 10.1. The number of nitrogens with zero attached hydrogens (tertiary/aromatic N) is 2. The summed E-state index contributed by atoms with van der Waals surface area (Å²) in [5, 5.41) is 15.5. The normalized spacial score (nSPS) is 10.5. The smallest absolute Gasteiger partial charge is 0.280 e. The van der Waals surface area contributed by atoms with E-state index in [0.717, 1.165) is 11.8 Å². The van der Waals surface area contributed by atoms with Crippen LogP contribution in [0.4, 0.5) is 11.5 Å². The molecule has 0 bridgehead atoms. The average molecular weight is 246 g/mol. The van der Waals surface area contributed by atoms with Crippen molar-refractivity contribution in [2.75, 3.05) is 18.4 Å². The van der Waals surface area contributed by atoms with Crippen molar-refractivity contribution in [2.24, 2.45) is 5.73 Å². The van der Waals surface area contributed by atoms with Crippen LogP contribution in [-0.2, 0) is 0 Å². The molecular weight excluding hydrogens is 232 g/mol. The molecule has 0 spiro atoms. The Morgan fingerprint density at radius 2 is 2.22 bits per heavy atom. The number of rotatable bonds is 5. The molecule has 1 aromatic heterocycles. The third-order valence-corrected chi connectivity index (χ3v) is 2.64. The van der Waals surface area contributed by atoms with Gasteiger partial charge in [0.2, 0.25) is 0 Å². The minimum absolute atomic E-state index is 0.0656. The molecule has 0 amide bonds. The number of fused-ring (bicyclic) bond motifs is 1. The summed E-state index contributed by atoms with van der Waals surface area (Å²) in [6.45, 7) is 1.22. The molecule has 0 unspecified atom stereocenters. The highest BCUT2D eigenvalue weighted by Crippen LogP contribution is 2.30. The van der Waals surface area contributed by atoms with E-state index < -0.39 is 4.92 Å². The summed E-state index contributed by atoms with van der Waals surface area (Å²) in [6, 6.07) is 6.75. The molecule has 2 aromatic rings. The van der Waals surface area contributed by atoms with Crippen LogP contribution in [0, 0.1) is 10.1 Å². The Bertz CT molecular complexity index is 566. The number of non-ortho nitro benzene ring substituents is 1. The van der Waals surface area contributed by atoms with Crippen LogP contribution >= 0.6 is 0 Å². The number of nitrogens with one attached hydrogen (secondary N) is 1. The van der Waals surface area contributed by atoms with Crippen LogP contribution < -0.4 is 11.1 Å². The van der Waals surface area contributed by atoms with Gasteiger partial charge >= 0.3 is 0 Å². The number of aromatic nitrogens is 1. The number of nitro benzene ring substituents is 1. The second kappa shape index (κ2) is 5.42. The minimum atomic E-state index is -0.391. The van der Waals surface area contributed by atoms with Gasteiger partial charge in [0.1, 0.15) is 11.2 Å². The van der Waals surface area contributed by atoms with Gasteiger partial charge in [-0.3, -0.25) is 10.1 Å². The molecule has 6 heteroatoms. The molecule has 0 aliphatic carbocycles. The number of nitrogens with two attached hydrogens (primary N) is 1. The van der Waals surface area contributed by atoms with Crippen LogP contribution in [0.5, 0.6) is 0 Å². The summed E-state index contributed by atoms with van der Waals surface area (Å²) >= 11 is 0. The molecule has 18 heavy (non-hydrogen) atoms. The van der Waals surface area contributed by atoms with E-state index in [1.54, 1.807) is 18.3 Å². The fourth-order valence-corrected chi connectivity index (χ4v) is 1.81. The lowest BCUT2D eigenvalue weighted by Gasteiger charge is -2.08. The first-order valence-corrected chi connectivity index (χ1v) is 5.70. The van der Waals surface area contributed by atoms with Crippen molar-refractivity contribution in [3.8, 4) is 0 Å². The van der Waals surface area contributed by atoms with E-state index in [1.165, 1.54) is 6.07 Å². The van der Waals surface area contributed by atoms with E-state index in [9.17, 15) is 10.1 Å². The molecule has 0 aliphatic rings. The summed E-state index contributed by atoms with van der Waals surface area (Å²) < 4.78 is 0. The van der Waals surface area contributed by atoms with Crippen LogP contribution in [0.15, 0.2) is 30.5 Å². The van der Waals surface area contributed by atoms with Crippen molar-refractivity contribution in [1.29, 1.82) is 0 Å². The third-order valence-electron chi connectivity index (χ3n) is 2.64. The molecule has 2 rings (SSSR count). The summed E-state index contributed by atoms with van der Waals surface area (Å²) in [7, 11) is 0. The highest BCUT2D eigenvalue weighted by Gasteiger charge is 2.15. The van der Waals surface area contributed by atoms with Gasteiger partial charge in [-0.15, -0.1) is 0 Å². The number of pyridine rings is 1. The molecule has 1 heterocycles. The quantitative estimate of drug-likeness (QED) is 0.477. The zero-order chi connectivity index (χ0) is 13.0. The van der Waals surface area contributed by atoms with Gasteiger partial charge in [0.05, 0.1) is 4.92 Å². The van der Waals surface area contributed by atoms with Gasteiger partial charge in [-0.05, 0) is 24.4 Å². The Kier molecular flexibility index (Phi) is 3.69. The van der Waals surface area contributed by atoms with Gasteiger partial charge in [0, 0.05) is 18.8 Å². The Balaban J connectivity index is 2.48. The van der Waals surface area contributed by atoms with Crippen molar-refractivity contribution >= 4 is 22.3 Å². The van der Waals surface area contributed by atoms with Gasteiger partial charge in [0.15, 0.2) is 0 Å². The van der Waals surface area contributed by atoms with Crippen LogP contribution in [0.2, 0.25) is 0 Å². The highest BCUT2D eigenvalue weighted by molar-refractivity contribution is 5.98. The number of anilines is 1. The maximum Gasteiger partial charge on any atom is 0.280 e. The SMILES string of the molecule is NCCCNc1nccc2cccc([N+](=O)[O-])c12. The van der Waals surface area contributed by atoms with Gasteiger partial charge in [0.25, 0.3) is 5.69 Å². The van der Waals surface area contributed by atoms with Gasteiger partial charge in [-0.25, -0.2) is 4.98 Å². The largest absolute Gasteiger partial charge is 0.369 e. The first-order chi connectivity index (χ1) is 8.74. The van der Waals surface area contributed by atoms with Crippen molar-refractivity contribution in [1.82, 2.24) is 4.98 Å². The van der Waals surface area contributed by atoms with Crippen LogP contribution in [-0.4, -0.2) is 23.0 Å². The second-order valence-electron chi connectivity index (χ2n) is 3.86. The first-order valence-electron chi connectivity index (χ1n) is 5.70. The summed E-state index contributed by atoms with van der Waals surface area (Å²) in [5.74, 6) is 0.535. The van der Waals surface area contributed by atoms with Crippen molar-refractivity contribution in [3.63, 3.8) is 0 Å². The molecule has 0 saturated carbocycles. The van der Waals surface area contributed by atoms with Crippen molar-refractivity contribution < 1.29 is 4.92 Å². The maximum atomic E-state index is 11.0. The van der Waals surface area contributed by atoms with Gasteiger partial charge < -0.3 is 11.1 Å². The predicted molar refractivity (Wildman–Crippen MR) is 70.6 cm³/mol. The number of benzene rings is 1. The zero-order valence-electron chi connectivity index (χ0n) is 9.80. The first kappa shape index (κ1) is 12.3. The van der Waals surface area contributed by atoms with E-state index in [1.807, 2.05) is 6.07 Å². The van der Waals surface area contributed by atoms with Crippen LogP contribution in [0.1, 0.15) is 6.42 Å². The molecule has 0 radical (unpaired) electrons. The molecule has 0 saturated heterocycles. The van der Waals surface area contributed by atoms with Crippen LogP contribution in [0.25, 0.3) is 10.8 Å². The molecule has 0 atom stereocenters. The highest BCUT2D eigenvalue weighted by atomic mass is 16.6. The fraction of sp³-hybridized carbons (Fsp3) is 0.250. The van der Waals surface area contributed by atoms with Gasteiger partial charge in [-0.2, -0.15) is 0 Å². The zero-order valence-corrected chi connectivity index (χ0v) is 9.80. The lowest BCUT2D eigenvalue weighted by Crippen LogP contribution is -2.09. The summed E-state index contributed by atoms with van der Waals surface area (Å²) in [4.78, 5) is 14.8. The summed E-state index contributed by atoms with van der Waals surface area (Å²) in [6.07, 6.45) is 2.43. The van der Waals surface area contributed by atoms with E-state index in [4.69, 9.17) is 5.73 Å². The number of hydrogen-bond acceptors (Lipinski definition) is 5. The molecule has 0 fully saturated rings. The lowest BCUT2D eigenvalue weighted by molar-refractivity contribution is -0.383. The molecule has 6 nitrogen and oxygen atoms in total. The fourth-order valence-electron chi connectivity index (χ4n) is 1.81. The molecular formula is C12H14N4O2. The third kappa shape index (κ3) is 2.38. The Hall–Kier alpha value is -2.21. The second-order valence-corrected chi connectivity index (χ2v) is 3.86. The van der Waals surface area contributed by atoms with Crippen molar-refractivity contribution in [3.05, 3.63) is 40.6 Å². The van der Waals surface area contributed by atoms with E-state index >= 15 is 0 Å². The maximum absolute atomic E-state index is 11.0. The Morgan fingerprint density at radius 3 is 2.94 bits per heavy atom. The summed E-state index contributed by atoms with van der Waals surface area (Å²) in [5.41, 5.74) is 5.48. The topological polar surface area (TPSA) is 94.1 Å². The van der Waals surface area contributed by atoms with Crippen LogP contribution in [0.3, 0.4) is 0 Å². The molecule has 3 N–H and O–H groups in total. The standard InChI is InChI=1S/C12H14N4O2/c13-6-2-7-14-12-11-9(5-8-15-12)3-1-4-10(11)16(17)18/h1,3-5,8H,2,6-7,13H2,(H,14,15). The monoisotopic (exact) mass is 246 g/mol. The minimum Gasteiger partial charge on any atom is -0.369 e. The van der Waals surface area contributed by atoms with E-state index in [-0.39, 0.29) is 5.69 Å². The molecule has 0 aliphatic heterocycles. The number of hydrogen-bond donors (Lipinski definition) is 2. The van der Waals surface area contributed by atoms with E-state index in [0.29, 0.717) is 24.3 Å². The number of nitro groups is 1. The van der Waals surface area contributed by atoms with Gasteiger partial charge in [-0.1, -0.05) is 12.1 Å². The molecule has 1 aromatic carbocycles. The van der Waals surface area contributed by atoms with Crippen molar-refractivity contribution in [2.45, 2.75) is 6.42 Å². The van der Waals surface area contributed by atoms with E-state index in [2.05, 4.69) is 10.3 Å². The average Bonchev–Trinajstić information content (AvgIpc) is 2.38.